The molecule has 2 heterocycles. The van der Waals surface area contributed by atoms with Crippen molar-refractivity contribution in [1.82, 2.24) is 15.2 Å². The van der Waals surface area contributed by atoms with Crippen molar-refractivity contribution >= 4 is 34.9 Å². The Balaban J connectivity index is 1.51. The van der Waals surface area contributed by atoms with Gasteiger partial charge in [-0.2, -0.15) is 0 Å². The predicted octanol–water partition coefficient (Wildman–Crippen LogP) is 3.87. The van der Waals surface area contributed by atoms with Crippen LogP contribution in [0.4, 0.5) is 0 Å². The number of benzene rings is 1. The van der Waals surface area contributed by atoms with E-state index in [1.54, 1.807) is 30.0 Å². The Bertz CT molecular complexity index is 783. The van der Waals surface area contributed by atoms with Crippen LogP contribution in [0, 0.1) is 6.92 Å². The molecule has 1 aliphatic rings. The molecule has 1 aromatic carbocycles. The van der Waals surface area contributed by atoms with Gasteiger partial charge in [-0.15, -0.1) is 23.1 Å². The highest BCUT2D eigenvalue weighted by Gasteiger charge is 2.23. The summed E-state index contributed by atoms with van der Waals surface area (Å²) in [5.74, 6) is 0.616. The Kier molecular flexibility index (Phi) is 6.90. The number of hydrogen-bond acceptors (Lipinski definition) is 5. The number of thioether (sulfide) groups is 1. The minimum Gasteiger partial charge on any atom is -0.341 e. The zero-order valence-electron chi connectivity index (χ0n) is 15.7. The standard InChI is InChI=1S/C20H25N3O2S2/c1-14(20(25)23-10-4-3-5-11-23)21-19(24)16-6-8-18(9-7-16)27-13-17-12-26-15(2)22-17/h6-9,12,14H,3-5,10-11,13H2,1-2H3,(H,21,24)/t14-/m0/s1. The minimum absolute atomic E-state index is 0.00813. The first kappa shape index (κ1) is 19.9. The number of hydrogen-bond donors (Lipinski definition) is 1. The largest absolute Gasteiger partial charge is 0.341 e. The van der Waals surface area contributed by atoms with Crippen LogP contribution in [0.2, 0.25) is 0 Å². The maximum Gasteiger partial charge on any atom is 0.251 e. The second kappa shape index (κ2) is 9.37. The molecule has 1 N–H and O–H groups in total. The highest BCUT2D eigenvalue weighted by molar-refractivity contribution is 7.98. The monoisotopic (exact) mass is 403 g/mol. The van der Waals surface area contributed by atoms with Crippen molar-refractivity contribution in [2.75, 3.05) is 13.1 Å². The molecule has 3 rings (SSSR count). The van der Waals surface area contributed by atoms with E-state index in [2.05, 4.69) is 15.7 Å². The number of aryl methyl sites for hydroxylation is 1. The van der Waals surface area contributed by atoms with Crippen molar-refractivity contribution in [2.45, 2.75) is 49.8 Å². The van der Waals surface area contributed by atoms with Gasteiger partial charge in [0.05, 0.1) is 10.7 Å². The molecule has 27 heavy (non-hydrogen) atoms. The third-order valence-electron chi connectivity index (χ3n) is 4.56. The Morgan fingerprint density at radius 3 is 2.56 bits per heavy atom. The van der Waals surface area contributed by atoms with Crippen LogP contribution < -0.4 is 5.32 Å². The van der Waals surface area contributed by atoms with Gasteiger partial charge in [0.25, 0.3) is 5.91 Å². The van der Waals surface area contributed by atoms with Crippen molar-refractivity contribution in [3.8, 4) is 0 Å². The summed E-state index contributed by atoms with van der Waals surface area (Å²) in [6.45, 7) is 5.35. The zero-order valence-corrected chi connectivity index (χ0v) is 17.4. The van der Waals surface area contributed by atoms with Crippen molar-refractivity contribution in [1.29, 1.82) is 0 Å². The van der Waals surface area contributed by atoms with Gasteiger partial charge in [0, 0.05) is 34.7 Å². The van der Waals surface area contributed by atoms with E-state index < -0.39 is 6.04 Å². The van der Waals surface area contributed by atoms with E-state index in [0.717, 1.165) is 47.3 Å². The van der Waals surface area contributed by atoms with E-state index in [9.17, 15) is 9.59 Å². The topological polar surface area (TPSA) is 62.3 Å². The molecule has 144 valence electrons. The molecule has 0 spiro atoms. The fourth-order valence-electron chi connectivity index (χ4n) is 3.06. The fourth-order valence-corrected chi connectivity index (χ4v) is 4.57. The lowest BCUT2D eigenvalue weighted by molar-refractivity contribution is -0.133. The molecular formula is C20H25N3O2S2. The van der Waals surface area contributed by atoms with E-state index >= 15 is 0 Å². The minimum atomic E-state index is -0.502. The van der Waals surface area contributed by atoms with Crippen molar-refractivity contribution < 1.29 is 9.59 Å². The molecule has 0 bridgehead atoms. The molecule has 7 heteroatoms. The van der Waals surface area contributed by atoms with Crippen LogP contribution >= 0.6 is 23.1 Å². The van der Waals surface area contributed by atoms with Crippen LogP contribution in [-0.4, -0.2) is 40.8 Å². The van der Waals surface area contributed by atoms with Crippen LogP contribution in [0.5, 0.6) is 0 Å². The summed E-state index contributed by atoms with van der Waals surface area (Å²) in [6, 6.07) is 6.99. The smallest absolute Gasteiger partial charge is 0.251 e. The van der Waals surface area contributed by atoms with Gasteiger partial charge in [-0.3, -0.25) is 9.59 Å². The van der Waals surface area contributed by atoms with Crippen LogP contribution in [0.25, 0.3) is 0 Å². The van der Waals surface area contributed by atoms with E-state index in [0.29, 0.717) is 5.56 Å². The molecule has 1 saturated heterocycles. The van der Waals surface area contributed by atoms with Gasteiger partial charge >= 0.3 is 0 Å². The van der Waals surface area contributed by atoms with E-state index in [4.69, 9.17) is 0 Å². The summed E-state index contributed by atoms with van der Waals surface area (Å²) < 4.78 is 0. The lowest BCUT2D eigenvalue weighted by Crippen LogP contribution is -2.48. The first-order valence-corrected chi connectivity index (χ1v) is 11.1. The number of nitrogens with one attached hydrogen (secondary N) is 1. The average Bonchev–Trinajstić information content (AvgIpc) is 3.12. The maximum atomic E-state index is 12.4. The summed E-state index contributed by atoms with van der Waals surface area (Å²) in [4.78, 5) is 32.3. The third-order valence-corrected chi connectivity index (χ3v) is 6.42. The van der Waals surface area contributed by atoms with Gasteiger partial charge < -0.3 is 10.2 Å². The van der Waals surface area contributed by atoms with Gasteiger partial charge in [0.1, 0.15) is 6.04 Å². The second-order valence-electron chi connectivity index (χ2n) is 6.75. The van der Waals surface area contributed by atoms with Crippen LogP contribution in [-0.2, 0) is 10.5 Å². The molecule has 0 saturated carbocycles. The molecule has 1 aromatic heterocycles. The Hall–Kier alpha value is -1.86. The zero-order chi connectivity index (χ0) is 19.2. The molecular weight excluding hydrogens is 378 g/mol. The summed E-state index contributed by atoms with van der Waals surface area (Å²) in [5.41, 5.74) is 1.65. The molecule has 0 unspecified atom stereocenters. The molecule has 1 aliphatic heterocycles. The highest BCUT2D eigenvalue weighted by Crippen LogP contribution is 2.24. The van der Waals surface area contributed by atoms with Gasteiger partial charge in [-0.25, -0.2) is 4.98 Å². The number of carbonyl (C=O) groups is 2. The lowest BCUT2D eigenvalue weighted by Gasteiger charge is -2.29. The van der Waals surface area contributed by atoms with Crippen LogP contribution in [0.1, 0.15) is 47.2 Å². The number of piperidine rings is 1. The fraction of sp³-hybridized carbons (Fsp3) is 0.450. The number of likely N-dealkylation sites (tertiary alicyclic amines) is 1. The van der Waals surface area contributed by atoms with Gasteiger partial charge in [0.15, 0.2) is 0 Å². The van der Waals surface area contributed by atoms with Gasteiger partial charge in [-0.1, -0.05) is 0 Å². The predicted molar refractivity (Wildman–Crippen MR) is 110 cm³/mol. The summed E-state index contributed by atoms with van der Waals surface area (Å²) in [6.07, 6.45) is 3.27. The number of thiazole rings is 1. The van der Waals surface area contributed by atoms with Crippen LogP contribution in [0.15, 0.2) is 34.5 Å². The lowest BCUT2D eigenvalue weighted by atomic mass is 10.1. The van der Waals surface area contributed by atoms with Gasteiger partial charge in [0.2, 0.25) is 5.91 Å². The SMILES string of the molecule is Cc1nc(CSc2ccc(C(=O)N[C@@H](C)C(=O)N3CCCCC3)cc2)cs1. The van der Waals surface area contributed by atoms with E-state index in [1.165, 1.54) is 6.42 Å². The Labute approximate surface area is 168 Å². The molecule has 2 amide bonds. The molecule has 2 aromatic rings. The van der Waals surface area contributed by atoms with Crippen LogP contribution in [0.3, 0.4) is 0 Å². The number of amides is 2. The second-order valence-corrected chi connectivity index (χ2v) is 8.86. The average molecular weight is 404 g/mol. The summed E-state index contributed by atoms with van der Waals surface area (Å²) >= 11 is 3.35. The number of aromatic nitrogens is 1. The Morgan fingerprint density at radius 1 is 1.22 bits per heavy atom. The molecule has 0 aliphatic carbocycles. The van der Waals surface area contributed by atoms with Crippen molar-refractivity contribution in [3.63, 3.8) is 0 Å². The number of nitrogens with zero attached hydrogens (tertiary/aromatic N) is 2. The van der Waals surface area contributed by atoms with E-state index in [-0.39, 0.29) is 11.8 Å². The molecule has 1 atom stereocenters. The summed E-state index contributed by atoms with van der Waals surface area (Å²) in [5, 5.41) is 5.98. The molecule has 5 nitrogen and oxygen atoms in total. The maximum absolute atomic E-state index is 12.4. The number of carbonyl (C=O) groups excluding carboxylic acids is 2. The first-order valence-electron chi connectivity index (χ1n) is 9.26. The summed E-state index contributed by atoms with van der Waals surface area (Å²) in [7, 11) is 0. The first-order chi connectivity index (χ1) is 13.0. The highest BCUT2D eigenvalue weighted by atomic mass is 32.2. The molecule has 0 radical (unpaired) electrons. The van der Waals surface area contributed by atoms with Crippen molar-refractivity contribution in [3.05, 3.63) is 45.9 Å². The normalized spacial score (nSPS) is 15.4. The van der Waals surface area contributed by atoms with Gasteiger partial charge in [-0.05, 0) is 57.4 Å². The number of rotatable bonds is 6. The third kappa shape index (κ3) is 5.56. The Morgan fingerprint density at radius 2 is 1.93 bits per heavy atom. The quantitative estimate of drug-likeness (QED) is 0.744. The van der Waals surface area contributed by atoms with Crippen molar-refractivity contribution in [2.24, 2.45) is 0 Å². The van der Waals surface area contributed by atoms with E-state index in [1.807, 2.05) is 36.1 Å². The molecule has 1 fully saturated rings.